The fraction of sp³-hybridized carbons (Fsp3) is 0.438. The van der Waals surface area contributed by atoms with Crippen LogP contribution < -0.4 is 11.1 Å². The number of nitrogens with zero attached hydrogens (tertiary/aromatic N) is 3. The minimum absolute atomic E-state index is 0.339. The summed E-state index contributed by atoms with van der Waals surface area (Å²) in [6, 6.07) is 2.97. The van der Waals surface area contributed by atoms with Gasteiger partial charge in [-0.1, -0.05) is 6.07 Å². The van der Waals surface area contributed by atoms with Gasteiger partial charge in [-0.25, -0.2) is 0 Å². The molecule has 0 spiro atoms. The maximum absolute atomic E-state index is 12.1. The number of aliphatic hydroxyl groups excluding tert-OH is 1. The molecule has 1 aliphatic rings. The van der Waals surface area contributed by atoms with Crippen molar-refractivity contribution in [2.24, 2.45) is 12.8 Å². The molecule has 23 heavy (non-hydrogen) atoms. The van der Waals surface area contributed by atoms with Crippen molar-refractivity contribution in [2.75, 3.05) is 0 Å². The van der Waals surface area contributed by atoms with E-state index in [4.69, 9.17) is 5.73 Å². The van der Waals surface area contributed by atoms with Gasteiger partial charge in [0.05, 0.1) is 23.5 Å². The molecule has 0 aromatic carbocycles. The lowest BCUT2D eigenvalue weighted by atomic mass is 10.0. The van der Waals surface area contributed by atoms with Crippen LogP contribution in [0.15, 0.2) is 30.7 Å². The molecule has 0 saturated heterocycles. The zero-order chi connectivity index (χ0) is 16.6. The first-order chi connectivity index (χ1) is 10.9. The van der Waals surface area contributed by atoms with Gasteiger partial charge >= 0.3 is 0 Å². The van der Waals surface area contributed by atoms with Crippen LogP contribution in [-0.2, 0) is 17.4 Å². The molecule has 0 aliphatic heterocycles. The Morgan fingerprint density at radius 3 is 2.65 bits per heavy atom. The fourth-order valence-corrected chi connectivity index (χ4v) is 2.55. The number of rotatable bonds is 5. The summed E-state index contributed by atoms with van der Waals surface area (Å²) in [7, 11) is 1.86. The van der Waals surface area contributed by atoms with Gasteiger partial charge in [-0.15, -0.1) is 0 Å². The molecule has 1 amide bonds. The standard InChI is InChI=1S/C16H21N5O2/c1-10(22)14(17)15(23)20-16(5-6-16)12-3-4-13(18-8-12)11-7-19-21(2)9-11/h3-4,7-10,14,22H,5-6,17H2,1-2H3,(H,20,23)/t10-,14+/m1/s1. The Kier molecular flexibility index (Phi) is 3.91. The zero-order valence-corrected chi connectivity index (χ0v) is 13.2. The molecule has 1 fully saturated rings. The number of nitrogens with two attached hydrogens (primary N) is 1. The Labute approximate surface area is 134 Å². The minimum atomic E-state index is -0.921. The zero-order valence-electron chi connectivity index (χ0n) is 13.2. The second-order valence-corrected chi connectivity index (χ2v) is 6.17. The Balaban J connectivity index is 1.75. The quantitative estimate of drug-likeness (QED) is 0.735. The third-order valence-corrected chi connectivity index (χ3v) is 4.25. The van der Waals surface area contributed by atoms with E-state index in [2.05, 4.69) is 15.4 Å². The van der Waals surface area contributed by atoms with Crippen molar-refractivity contribution in [1.82, 2.24) is 20.1 Å². The van der Waals surface area contributed by atoms with Gasteiger partial charge in [0, 0.05) is 25.0 Å². The Bertz CT molecular complexity index is 704. The Morgan fingerprint density at radius 2 is 2.17 bits per heavy atom. The first-order valence-corrected chi connectivity index (χ1v) is 7.62. The van der Waals surface area contributed by atoms with Crippen LogP contribution in [0.5, 0.6) is 0 Å². The second kappa shape index (κ2) is 5.75. The molecule has 2 atom stereocenters. The normalized spacial score (nSPS) is 18.3. The summed E-state index contributed by atoms with van der Waals surface area (Å²) in [5, 5.41) is 16.5. The van der Waals surface area contributed by atoms with E-state index in [-0.39, 0.29) is 5.91 Å². The molecule has 2 heterocycles. The fourth-order valence-electron chi connectivity index (χ4n) is 2.55. The van der Waals surface area contributed by atoms with Gasteiger partial charge in [0.1, 0.15) is 6.04 Å². The molecule has 4 N–H and O–H groups in total. The number of aliphatic hydroxyl groups is 1. The number of hydrogen-bond acceptors (Lipinski definition) is 5. The largest absolute Gasteiger partial charge is 0.391 e. The summed E-state index contributed by atoms with van der Waals surface area (Å²) in [5.74, 6) is -0.339. The van der Waals surface area contributed by atoms with Gasteiger partial charge in [-0.05, 0) is 31.4 Å². The van der Waals surface area contributed by atoms with Crippen molar-refractivity contribution >= 4 is 5.91 Å². The van der Waals surface area contributed by atoms with Crippen LogP contribution in [0.25, 0.3) is 11.3 Å². The third kappa shape index (κ3) is 3.11. The Hall–Kier alpha value is -2.25. The highest BCUT2D eigenvalue weighted by Crippen LogP contribution is 2.45. The average Bonchev–Trinajstić information content (AvgIpc) is 3.18. The van der Waals surface area contributed by atoms with Crippen molar-refractivity contribution in [3.63, 3.8) is 0 Å². The number of carbonyl (C=O) groups excluding carboxylic acids is 1. The second-order valence-electron chi connectivity index (χ2n) is 6.17. The van der Waals surface area contributed by atoms with E-state index in [0.29, 0.717) is 0 Å². The first-order valence-electron chi connectivity index (χ1n) is 7.62. The van der Waals surface area contributed by atoms with Crippen LogP contribution in [0, 0.1) is 0 Å². The summed E-state index contributed by atoms with van der Waals surface area (Å²) in [6.45, 7) is 1.51. The molecule has 1 aliphatic carbocycles. The maximum Gasteiger partial charge on any atom is 0.240 e. The van der Waals surface area contributed by atoms with Gasteiger partial charge in [0.2, 0.25) is 5.91 Å². The number of amides is 1. The molecule has 2 aromatic heterocycles. The van der Waals surface area contributed by atoms with Gasteiger partial charge in [-0.2, -0.15) is 5.10 Å². The van der Waals surface area contributed by atoms with Crippen LogP contribution in [0.3, 0.4) is 0 Å². The molecule has 1 saturated carbocycles. The van der Waals surface area contributed by atoms with Crippen molar-refractivity contribution < 1.29 is 9.90 Å². The van der Waals surface area contributed by atoms with Crippen LogP contribution in [0.1, 0.15) is 25.3 Å². The highest BCUT2D eigenvalue weighted by atomic mass is 16.3. The average molecular weight is 315 g/mol. The number of carbonyl (C=O) groups is 1. The monoisotopic (exact) mass is 315 g/mol. The van der Waals surface area contributed by atoms with E-state index < -0.39 is 17.7 Å². The minimum Gasteiger partial charge on any atom is -0.391 e. The van der Waals surface area contributed by atoms with Crippen molar-refractivity contribution in [3.05, 3.63) is 36.3 Å². The van der Waals surface area contributed by atoms with Crippen molar-refractivity contribution in [3.8, 4) is 11.3 Å². The smallest absolute Gasteiger partial charge is 0.240 e. The molecule has 0 radical (unpaired) electrons. The highest BCUT2D eigenvalue weighted by Gasteiger charge is 2.46. The first kappa shape index (κ1) is 15.6. The van der Waals surface area contributed by atoms with Gasteiger partial charge in [0.15, 0.2) is 0 Å². The van der Waals surface area contributed by atoms with Gasteiger partial charge in [-0.3, -0.25) is 14.5 Å². The van der Waals surface area contributed by atoms with Crippen LogP contribution >= 0.6 is 0 Å². The Morgan fingerprint density at radius 1 is 1.43 bits per heavy atom. The topological polar surface area (TPSA) is 106 Å². The van der Waals surface area contributed by atoms with Crippen LogP contribution in [0.4, 0.5) is 0 Å². The molecule has 3 rings (SSSR count). The predicted octanol–water partition coefficient (Wildman–Crippen LogP) is 0.296. The number of pyridine rings is 1. The van der Waals surface area contributed by atoms with Crippen LogP contribution in [0.2, 0.25) is 0 Å². The van der Waals surface area contributed by atoms with Crippen molar-refractivity contribution in [1.29, 1.82) is 0 Å². The van der Waals surface area contributed by atoms with Gasteiger partial charge < -0.3 is 16.2 Å². The lowest BCUT2D eigenvalue weighted by molar-refractivity contribution is -0.125. The lowest BCUT2D eigenvalue weighted by Gasteiger charge is -2.21. The number of nitrogens with one attached hydrogen (secondary N) is 1. The molecule has 122 valence electrons. The van der Waals surface area contributed by atoms with E-state index in [1.165, 1.54) is 6.92 Å². The van der Waals surface area contributed by atoms with E-state index >= 15 is 0 Å². The molecule has 2 aromatic rings. The maximum atomic E-state index is 12.1. The summed E-state index contributed by atoms with van der Waals surface area (Å²) >= 11 is 0. The SMILES string of the molecule is C[C@@H](O)[C@H](N)C(=O)NC1(c2ccc(-c3cnn(C)c3)nc2)CC1. The van der Waals surface area contributed by atoms with E-state index in [0.717, 1.165) is 29.7 Å². The molecule has 0 unspecified atom stereocenters. The van der Waals surface area contributed by atoms with Crippen molar-refractivity contribution in [2.45, 2.75) is 37.5 Å². The molecular weight excluding hydrogens is 294 g/mol. The molecule has 7 heteroatoms. The van der Waals surface area contributed by atoms with Gasteiger partial charge in [0.25, 0.3) is 0 Å². The van der Waals surface area contributed by atoms with E-state index in [1.54, 1.807) is 17.1 Å². The lowest BCUT2D eigenvalue weighted by Crippen LogP contribution is -2.50. The van der Waals surface area contributed by atoms with E-state index in [1.807, 2.05) is 25.4 Å². The number of aromatic nitrogens is 3. The molecule has 0 bridgehead atoms. The predicted molar refractivity (Wildman–Crippen MR) is 85.1 cm³/mol. The van der Waals surface area contributed by atoms with Crippen LogP contribution in [-0.4, -0.2) is 37.9 Å². The van der Waals surface area contributed by atoms with E-state index in [9.17, 15) is 9.90 Å². The summed E-state index contributed by atoms with van der Waals surface area (Å²) in [6.07, 6.45) is 6.26. The molecular formula is C16H21N5O2. The number of aryl methyl sites for hydroxylation is 1. The highest BCUT2D eigenvalue weighted by molar-refractivity contribution is 5.83. The summed E-state index contributed by atoms with van der Waals surface area (Å²) < 4.78 is 1.73. The third-order valence-electron chi connectivity index (χ3n) is 4.25. The molecule has 7 nitrogen and oxygen atoms in total. The summed E-state index contributed by atoms with van der Waals surface area (Å²) in [5.41, 5.74) is 8.03. The number of hydrogen-bond donors (Lipinski definition) is 3. The summed E-state index contributed by atoms with van der Waals surface area (Å²) in [4.78, 5) is 16.5.